The van der Waals surface area contributed by atoms with E-state index in [9.17, 15) is 13.7 Å². The van der Waals surface area contributed by atoms with E-state index in [0.717, 1.165) is 38.8 Å². The summed E-state index contributed by atoms with van der Waals surface area (Å²) >= 11 is 0. The third-order valence-electron chi connectivity index (χ3n) is 4.34. The fraction of sp³-hybridized carbons (Fsp3) is 0.381. The van der Waals surface area contributed by atoms with Crippen molar-refractivity contribution < 1.29 is 13.2 Å². The summed E-state index contributed by atoms with van der Waals surface area (Å²) in [6.07, 6.45) is 3.88. The summed E-state index contributed by atoms with van der Waals surface area (Å²) in [5.41, 5.74) is 0.811. The van der Waals surface area contributed by atoms with Crippen molar-refractivity contribution in [3.8, 4) is 17.6 Å². The first-order chi connectivity index (χ1) is 13.4. The van der Waals surface area contributed by atoms with Gasteiger partial charge in [0.15, 0.2) is 5.75 Å². The predicted molar refractivity (Wildman–Crippen MR) is 111 cm³/mol. The van der Waals surface area contributed by atoms with Crippen molar-refractivity contribution in [2.75, 3.05) is 18.0 Å². The van der Waals surface area contributed by atoms with Crippen LogP contribution in [0.4, 0.5) is 5.69 Å². The van der Waals surface area contributed by atoms with Gasteiger partial charge in [-0.25, -0.2) is 13.6 Å². The van der Waals surface area contributed by atoms with E-state index in [0.29, 0.717) is 11.4 Å². The van der Waals surface area contributed by atoms with Crippen molar-refractivity contribution in [2.24, 2.45) is 5.14 Å². The SMILES string of the molecule is CCCCN(CCCC)c1cc(C#N)cc(S(N)(=O)=O)c1Oc1ccccc1. The molecule has 0 aliphatic heterocycles. The van der Waals surface area contributed by atoms with E-state index in [1.807, 2.05) is 12.1 Å². The Balaban J connectivity index is 2.67. The number of ether oxygens (including phenoxy) is 1. The van der Waals surface area contributed by atoms with Gasteiger partial charge in [0.05, 0.1) is 17.3 Å². The first kappa shape index (κ1) is 21.7. The number of primary sulfonamides is 1. The maximum atomic E-state index is 12.3. The van der Waals surface area contributed by atoms with Crippen molar-refractivity contribution in [1.82, 2.24) is 0 Å². The lowest BCUT2D eigenvalue weighted by atomic mass is 10.1. The van der Waals surface area contributed by atoms with Crippen LogP contribution in [0.3, 0.4) is 0 Å². The van der Waals surface area contributed by atoms with Crippen LogP contribution in [0.25, 0.3) is 0 Å². The largest absolute Gasteiger partial charge is 0.454 e. The summed E-state index contributed by atoms with van der Waals surface area (Å²) in [7, 11) is -4.09. The number of anilines is 1. The van der Waals surface area contributed by atoms with Gasteiger partial charge >= 0.3 is 0 Å². The fourth-order valence-electron chi connectivity index (χ4n) is 2.86. The number of nitrogens with two attached hydrogens (primary N) is 1. The second-order valence-corrected chi connectivity index (χ2v) is 8.12. The molecule has 0 bridgehead atoms. The number of nitrogens with zero attached hydrogens (tertiary/aromatic N) is 2. The lowest BCUT2D eigenvalue weighted by molar-refractivity contribution is 0.465. The van der Waals surface area contributed by atoms with E-state index in [-0.39, 0.29) is 16.2 Å². The van der Waals surface area contributed by atoms with Gasteiger partial charge in [-0.15, -0.1) is 0 Å². The molecule has 0 aliphatic carbocycles. The average molecular weight is 402 g/mol. The van der Waals surface area contributed by atoms with Crippen molar-refractivity contribution in [3.05, 3.63) is 48.0 Å². The standard InChI is InChI=1S/C21H27N3O3S/c1-3-5-12-24(13-6-4-2)19-14-17(16-22)15-20(28(23,25)26)21(19)27-18-10-8-7-9-11-18/h7-11,14-15H,3-6,12-13H2,1-2H3,(H2,23,25,26). The predicted octanol–water partition coefficient (Wildman–Crippen LogP) is 4.40. The number of para-hydroxylation sites is 1. The van der Waals surface area contributed by atoms with Crippen LogP contribution in [0, 0.1) is 11.3 Å². The Morgan fingerprint density at radius 2 is 1.68 bits per heavy atom. The Bertz CT molecular complexity index is 914. The first-order valence-corrected chi connectivity index (χ1v) is 11.0. The van der Waals surface area contributed by atoms with Crippen LogP contribution < -0.4 is 14.8 Å². The maximum Gasteiger partial charge on any atom is 0.241 e. The molecule has 0 aliphatic rings. The number of rotatable bonds is 10. The molecule has 0 saturated heterocycles. The van der Waals surface area contributed by atoms with E-state index in [1.54, 1.807) is 30.3 Å². The van der Waals surface area contributed by atoms with E-state index in [1.165, 1.54) is 6.07 Å². The van der Waals surface area contributed by atoms with Gasteiger partial charge in [0.1, 0.15) is 10.6 Å². The van der Waals surface area contributed by atoms with E-state index in [4.69, 9.17) is 9.88 Å². The molecule has 0 spiro atoms. The molecule has 28 heavy (non-hydrogen) atoms. The average Bonchev–Trinajstić information content (AvgIpc) is 2.68. The topological polar surface area (TPSA) is 96.4 Å². The Hall–Kier alpha value is -2.56. The molecule has 0 unspecified atom stereocenters. The van der Waals surface area contributed by atoms with E-state index in [2.05, 4.69) is 18.7 Å². The minimum absolute atomic E-state index is 0.167. The number of sulfonamides is 1. The van der Waals surface area contributed by atoms with Crippen LogP contribution in [0.1, 0.15) is 45.1 Å². The zero-order valence-electron chi connectivity index (χ0n) is 16.4. The molecule has 2 rings (SSSR count). The molecule has 150 valence electrons. The summed E-state index contributed by atoms with van der Waals surface area (Å²) in [5, 5.41) is 14.9. The van der Waals surface area contributed by atoms with Crippen molar-refractivity contribution in [2.45, 2.75) is 44.4 Å². The third-order valence-corrected chi connectivity index (χ3v) is 5.25. The van der Waals surface area contributed by atoms with Crippen LogP contribution in [0.5, 0.6) is 11.5 Å². The second kappa shape index (κ2) is 10.1. The van der Waals surface area contributed by atoms with Crippen LogP contribution in [0.2, 0.25) is 0 Å². The molecule has 0 saturated carbocycles. The lowest BCUT2D eigenvalue weighted by Crippen LogP contribution is -2.27. The monoisotopic (exact) mass is 401 g/mol. The van der Waals surface area contributed by atoms with Gasteiger partial charge in [-0.05, 0) is 37.1 Å². The van der Waals surface area contributed by atoms with Gasteiger partial charge < -0.3 is 9.64 Å². The van der Waals surface area contributed by atoms with Crippen molar-refractivity contribution >= 4 is 15.7 Å². The summed E-state index contributed by atoms with van der Waals surface area (Å²) in [5.74, 6) is 0.671. The van der Waals surface area contributed by atoms with Crippen molar-refractivity contribution in [1.29, 1.82) is 5.26 Å². The summed E-state index contributed by atoms with van der Waals surface area (Å²) in [6, 6.07) is 13.9. The maximum absolute atomic E-state index is 12.3. The van der Waals surface area contributed by atoms with E-state index >= 15 is 0 Å². The normalized spacial score (nSPS) is 11.1. The van der Waals surface area contributed by atoms with E-state index < -0.39 is 10.0 Å². The highest BCUT2D eigenvalue weighted by molar-refractivity contribution is 7.89. The summed E-state index contributed by atoms with van der Waals surface area (Å²) in [6.45, 7) is 5.67. The first-order valence-electron chi connectivity index (χ1n) is 9.49. The fourth-order valence-corrected chi connectivity index (χ4v) is 3.55. The number of hydrogen-bond donors (Lipinski definition) is 1. The molecular weight excluding hydrogens is 374 g/mol. The highest BCUT2D eigenvalue weighted by Crippen LogP contribution is 2.39. The third kappa shape index (κ3) is 5.72. The molecule has 2 aromatic carbocycles. The Morgan fingerprint density at radius 1 is 1.07 bits per heavy atom. The summed E-state index contributed by atoms with van der Waals surface area (Å²) < 4.78 is 30.6. The van der Waals surface area contributed by atoms with Crippen LogP contribution in [-0.2, 0) is 10.0 Å². The second-order valence-electron chi connectivity index (χ2n) is 6.59. The molecule has 0 radical (unpaired) electrons. The zero-order valence-corrected chi connectivity index (χ0v) is 17.2. The minimum Gasteiger partial charge on any atom is -0.454 e. The van der Waals surface area contributed by atoms with Gasteiger partial charge in [-0.1, -0.05) is 44.9 Å². The number of benzene rings is 2. The highest BCUT2D eigenvalue weighted by Gasteiger charge is 2.24. The van der Waals surface area contributed by atoms with Gasteiger partial charge in [0, 0.05) is 13.1 Å². The van der Waals surface area contributed by atoms with Crippen LogP contribution in [0.15, 0.2) is 47.4 Å². The molecule has 7 heteroatoms. The number of hydrogen-bond acceptors (Lipinski definition) is 5. The molecule has 0 fully saturated rings. The molecule has 0 amide bonds. The molecule has 2 N–H and O–H groups in total. The minimum atomic E-state index is -4.09. The number of nitriles is 1. The molecule has 0 aromatic heterocycles. The zero-order chi connectivity index (χ0) is 20.6. The summed E-state index contributed by atoms with van der Waals surface area (Å²) in [4.78, 5) is 1.91. The Labute approximate surface area is 167 Å². The van der Waals surface area contributed by atoms with Gasteiger partial charge in [-0.2, -0.15) is 5.26 Å². The molecule has 6 nitrogen and oxygen atoms in total. The Morgan fingerprint density at radius 3 is 2.18 bits per heavy atom. The molecular formula is C21H27N3O3S. The van der Waals surface area contributed by atoms with Gasteiger partial charge in [-0.3, -0.25) is 0 Å². The lowest BCUT2D eigenvalue weighted by Gasteiger charge is -2.28. The van der Waals surface area contributed by atoms with Gasteiger partial charge in [0.2, 0.25) is 10.0 Å². The van der Waals surface area contributed by atoms with Crippen LogP contribution in [-0.4, -0.2) is 21.5 Å². The smallest absolute Gasteiger partial charge is 0.241 e. The molecule has 0 heterocycles. The molecule has 0 atom stereocenters. The quantitative estimate of drug-likeness (QED) is 0.636. The van der Waals surface area contributed by atoms with Crippen LogP contribution >= 0.6 is 0 Å². The Kier molecular flexibility index (Phi) is 7.85. The number of unbranched alkanes of at least 4 members (excludes halogenated alkanes) is 2. The van der Waals surface area contributed by atoms with Gasteiger partial charge in [0.25, 0.3) is 0 Å². The molecule has 2 aromatic rings. The highest BCUT2D eigenvalue weighted by atomic mass is 32.2. The van der Waals surface area contributed by atoms with Crippen molar-refractivity contribution in [3.63, 3.8) is 0 Å².